The van der Waals surface area contributed by atoms with E-state index in [4.69, 9.17) is 10.4 Å². The third-order valence-corrected chi connectivity index (χ3v) is 3.26. The van der Waals surface area contributed by atoms with Crippen molar-refractivity contribution in [3.05, 3.63) is 23.9 Å². The summed E-state index contributed by atoms with van der Waals surface area (Å²) in [6, 6.07) is 5.78. The number of aliphatic hydroxyl groups is 1. The number of aromatic nitrogens is 1. The van der Waals surface area contributed by atoms with Crippen LogP contribution < -0.4 is 4.90 Å². The number of hydrogen-bond donors (Lipinski definition) is 1. The van der Waals surface area contributed by atoms with Crippen LogP contribution in [0.25, 0.3) is 0 Å². The number of nitrogens with zero attached hydrogens (tertiary/aromatic N) is 3. The Bertz CT molecular complexity index is 394. The summed E-state index contributed by atoms with van der Waals surface area (Å²) < 4.78 is 0. The lowest BCUT2D eigenvalue weighted by molar-refractivity contribution is 0.244. The SMILES string of the molecule is N#Cc1ccc(N2CCCC(CCO)C2)nc1. The summed E-state index contributed by atoms with van der Waals surface area (Å²) in [5.41, 5.74) is 0.595. The largest absolute Gasteiger partial charge is 0.396 e. The molecular weight excluding hydrogens is 214 g/mol. The molecule has 1 aromatic rings. The Morgan fingerprint density at radius 3 is 3.06 bits per heavy atom. The molecule has 1 unspecified atom stereocenters. The van der Waals surface area contributed by atoms with Crippen molar-refractivity contribution in [1.82, 2.24) is 4.98 Å². The highest BCUT2D eigenvalue weighted by atomic mass is 16.3. The zero-order valence-corrected chi connectivity index (χ0v) is 9.84. The van der Waals surface area contributed by atoms with Crippen LogP contribution in [-0.4, -0.2) is 29.8 Å². The lowest BCUT2D eigenvalue weighted by atomic mass is 9.95. The summed E-state index contributed by atoms with van der Waals surface area (Å²) in [6.07, 6.45) is 4.82. The van der Waals surface area contributed by atoms with Crippen molar-refractivity contribution in [3.8, 4) is 6.07 Å². The van der Waals surface area contributed by atoms with Crippen molar-refractivity contribution in [3.63, 3.8) is 0 Å². The van der Waals surface area contributed by atoms with Gasteiger partial charge in [-0.3, -0.25) is 0 Å². The Hall–Kier alpha value is -1.60. The first-order valence-corrected chi connectivity index (χ1v) is 6.05. The second kappa shape index (κ2) is 5.65. The van der Waals surface area contributed by atoms with Gasteiger partial charge in [0, 0.05) is 25.9 Å². The molecule has 2 heterocycles. The fourth-order valence-electron chi connectivity index (χ4n) is 2.33. The van der Waals surface area contributed by atoms with Gasteiger partial charge in [-0.1, -0.05) is 0 Å². The van der Waals surface area contributed by atoms with Crippen molar-refractivity contribution >= 4 is 5.82 Å². The van der Waals surface area contributed by atoms with Crippen LogP contribution in [0.15, 0.2) is 18.3 Å². The molecule has 0 bridgehead atoms. The second-order valence-electron chi connectivity index (χ2n) is 4.48. The van der Waals surface area contributed by atoms with Gasteiger partial charge in [-0.15, -0.1) is 0 Å². The van der Waals surface area contributed by atoms with E-state index in [0.29, 0.717) is 11.5 Å². The van der Waals surface area contributed by atoms with Crippen LogP contribution in [0.1, 0.15) is 24.8 Å². The van der Waals surface area contributed by atoms with Crippen LogP contribution in [0, 0.1) is 17.2 Å². The smallest absolute Gasteiger partial charge is 0.128 e. The summed E-state index contributed by atoms with van der Waals surface area (Å²) >= 11 is 0. The zero-order valence-electron chi connectivity index (χ0n) is 9.84. The van der Waals surface area contributed by atoms with Gasteiger partial charge in [0.05, 0.1) is 5.56 Å². The Labute approximate surface area is 102 Å². The molecule has 0 aliphatic carbocycles. The molecule has 0 spiro atoms. The van der Waals surface area contributed by atoms with Crippen molar-refractivity contribution in [2.45, 2.75) is 19.3 Å². The maximum absolute atomic E-state index is 8.97. The third-order valence-electron chi connectivity index (χ3n) is 3.26. The lowest BCUT2D eigenvalue weighted by Gasteiger charge is -2.33. The molecular formula is C13H17N3O. The molecule has 90 valence electrons. The maximum Gasteiger partial charge on any atom is 0.128 e. The van der Waals surface area contributed by atoms with E-state index in [1.165, 1.54) is 6.42 Å². The minimum atomic E-state index is 0.263. The fraction of sp³-hybridized carbons (Fsp3) is 0.538. The molecule has 1 saturated heterocycles. The fourth-order valence-corrected chi connectivity index (χ4v) is 2.33. The standard InChI is InChI=1S/C13H17N3O/c14-8-12-3-4-13(15-9-12)16-6-1-2-11(10-16)5-7-17/h3-4,9,11,17H,1-2,5-7,10H2. The van der Waals surface area contributed by atoms with Crippen LogP contribution in [0.4, 0.5) is 5.82 Å². The Kier molecular flexibility index (Phi) is 3.94. The van der Waals surface area contributed by atoms with Crippen LogP contribution >= 0.6 is 0 Å². The van der Waals surface area contributed by atoms with Crippen LogP contribution in [0.3, 0.4) is 0 Å². The average Bonchev–Trinajstić information content (AvgIpc) is 2.40. The second-order valence-corrected chi connectivity index (χ2v) is 4.48. The zero-order chi connectivity index (χ0) is 12.1. The minimum absolute atomic E-state index is 0.263. The van der Waals surface area contributed by atoms with Crippen molar-refractivity contribution in [2.75, 3.05) is 24.6 Å². The van der Waals surface area contributed by atoms with E-state index in [1.807, 2.05) is 6.07 Å². The molecule has 0 amide bonds. The lowest BCUT2D eigenvalue weighted by Crippen LogP contribution is -2.36. The normalized spacial score (nSPS) is 20.0. The number of nitriles is 1. The van der Waals surface area contributed by atoms with Crippen LogP contribution in [-0.2, 0) is 0 Å². The molecule has 1 aliphatic rings. The highest BCUT2D eigenvalue weighted by molar-refractivity contribution is 5.42. The Morgan fingerprint density at radius 1 is 1.53 bits per heavy atom. The quantitative estimate of drug-likeness (QED) is 0.857. The van der Waals surface area contributed by atoms with E-state index < -0.39 is 0 Å². The predicted molar refractivity (Wildman–Crippen MR) is 65.6 cm³/mol. The molecule has 1 fully saturated rings. The molecule has 0 saturated carbocycles. The van der Waals surface area contributed by atoms with Gasteiger partial charge >= 0.3 is 0 Å². The summed E-state index contributed by atoms with van der Waals surface area (Å²) in [5.74, 6) is 1.50. The van der Waals surface area contributed by atoms with Gasteiger partial charge in [0.1, 0.15) is 11.9 Å². The summed E-state index contributed by atoms with van der Waals surface area (Å²) in [5, 5.41) is 17.7. The van der Waals surface area contributed by atoms with Crippen molar-refractivity contribution in [2.24, 2.45) is 5.92 Å². The van der Waals surface area contributed by atoms with Gasteiger partial charge in [0.15, 0.2) is 0 Å². The van der Waals surface area contributed by atoms with E-state index in [1.54, 1.807) is 12.3 Å². The number of aliphatic hydroxyl groups excluding tert-OH is 1. The van der Waals surface area contributed by atoms with Crippen molar-refractivity contribution < 1.29 is 5.11 Å². The number of pyridine rings is 1. The first-order valence-electron chi connectivity index (χ1n) is 6.05. The van der Waals surface area contributed by atoms with Gasteiger partial charge in [0.25, 0.3) is 0 Å². The maximum atomic E-state index is 8.97. The molecule has 1 N–H and O–H groups in total. The third kappa shape index (κ3) is 2.95. The van der Waals surface area contributed by atoms with Crippen molar-refractivity contribution in [1.29, 1.82) is 5.26 Å². The minimum Gasteiger partial charge on any atom is -0.396 e. The Balaban J connectivity index is 2.03. The van der Waals surface area contributed by atoms with Gasteiger partial charge in [-0.25, -0.2) is 4.98 Å². The molecule has 17 heavy (non-hydrogen) atoms. The van der Waals surface area contributed by atoms with Gasteiger partial charge < -0.3 is 10.0 Å². The van der Waals surface area contributed by atoms with Gasteiger partial charge in [-0.2, -0.15) is 5.26 Å². The summed E-state index contributed by atoms with van der Waals surface area (Å²) in [4.78, 5) is 6.55. The molecule has 0 radical (unpaired) electrons. The predicted octanol–water partition coefficient (Wildman–Crippen LogP) is 1.55. The van der Waals surface area contributed by atoms with E-state index in [2.05, 4.69) is 16.0 Å². The number of piperidine rings is 1. The average molecular weight is 231 g/mol. The molecule has 1 aliphatic heterocycles. The van der Waals surface area contributed by atoms with E-state index in [0.717, 1.165) is 31.7 Å². The van der Waals surface area contributed by atoms with E-state index >= 15 is 0 Å². The van der Waals surface area contributed by atoms with Crippen LogP contribution in [0.5, 0.6) is 0 Å². The number of rotatable bonds is 3. The molecule has 4 nitrogen and oxygen atoms in total. The number of anilines is 1. The summed E-state index contributed by atoms with van der Waals surface area (Å²) in [7, 11) is 0. The monoisotopic (exact) mass is 231 g/mol. The molecule has 4 heteroatoms. The van der Waals surface area contributed by atoms with E-state index in [9.17, 15) is 0 Å². The highest BCUT2D eigenvalue weighted by Gasteiger charge is 2.20. The highest BCUT2D eigenvalue weighted by Crippen LogP contribution is 2.23. The van der Waals surface area contributed by atoms with Gasteiger partial charge in [0.2, 0.25) is 0 Å². The topological polar surface area (TPSA) is 60.2 Å². The molecule has 1 atom stereocenters. The Morgan fingerprint density at radius 2 is 2.41 bits per heavy atom. The molecule has 2 rings (SSSR count). The molecule has 1 aromatic heterocycles. The summed E-state index contributed by atoms with van der Waals surface area (Å²) in [6.45, 7) is 2.24. The first-order chi connectivity index (χ1) is 8.33. The van der Waals surface area contributed by atoms with E-state index in [-0.39, 0.29) is 6.61 Å². The first kappa shape index (κ1) is 11.9. The number of hydrogen-bond acceptors (Lipinski definition) is 4. The van der Waals surface area contributed by atoms with Gasteiger partial charge in [-0.05, 0) is 37.3 Å². The molecule has 0 aromatic carbocycles. The van der Waals surface area contributed by atoms with Crippen LogP contribution in [0.2, 0.25) is 0 Å².